The second kappa shape index (κ2) is 5.92. The topological polar surface area (TPSA) is 29.5 Å². The zero-order chi connectivity index (χ0) is 13.9. The van der Waals surface area contributed by atoms with Crippen LogP contribution >= 0.6 is 0 Å². The first-order valence-electron chi connectivity index (χ1n) is 7.39. The van der Waals surface area contributed by atoms with E-state index >= 15 is 0 Å². The van der Waals surface area contributed by atoms with Crippen LogP contribution in [0.1, 0.15) is 37.3 Å². The van der Waals surface area contributed by atoms with E-state index < -0.39 is 0 Å². The molecule has 0 bridgehead atoms. The number of nitrogens with zero attached hydrogens (tertiary/aromatic N) is 1. The molecule has 20 heavy (non-hydrogen) atoms. The number of carbonyl (C=O) groups excluding carboxylic acids is 1. The van der Waals surface area contributed by atoms with Crippen molar-refractivity contribution in [3.05, 3.63) is 35.6 Å². The Bertz CT molecular complexity index is 468. The van der Waals surface area contributed by atoms with Gasteiger partial charge in [0.25, 0.3) is 0 Å². The van der Waals surface area contributed by atoms with Gasteiger partial charge in [0, 0.05) is 25.7 Å². The maximum absolute atomic E-state index is 13.0. The third-order valence-electron chi connectivity index (χ3n) is 4.36. The Morgan fingerprint density at radius 3 is 2.55 bits per heavy atom. The molecule has 0 aliphatic carbocycles. The van der Waals surface area contributed by atoms with Crippen molar-refractivity contribution in [1.82, 2.24) is 4.90 Å². The second-order valence-electron chi connectivity index (χ2n) is 5.63. The van der Waals surface area contributed by atoms with Gasteiger partial charge in [-0.05, 0) is 43.4 Å². The first kappa shape index (κ1) is 13.6. The predicted octanol–water partition coefficient (Wildman–Crippen LogP) is 2.92. The van der Waals surface area contributed by atoms with Gasteiger partial charge in [-0.3, -0.25) is 4.79 Å². The van der Waals surface area contributed by atoms with Gasteiger partial charge < -0.3 is 9.64 Å². The van der Waals surface area contributed by atoms with Crippen molar-refractivity contribution in [2.75, 3.05) is 19.8 Å². The predicted molar refractivity (Wildman–Crippen MR) is 73.6 cm³/mol. The van der Waals surface area contributed by atoms with E-state index in [9.17, 15) is 9.18 Å². The Morgan fingerprint density at radius 2 is 1.85 bits per heavy atom. The van der Waals surface area contributed by atoms with Gasteiger partial charge >= 0.3 is 0 Å². The molecular formula is C16H20FNO2. The highest BCUT2D eigenvalue weighted by atomic mass is 19.1. The Morgan fingerprint density at radius 1 is 1.15 bits per heavy atom. The van der Waals surface area contributed by atoms with Crippen LogP contribution in [0.2, 0.25) is 0 Å². The summed E-state index contributed by atoms with van der Waals surface area (Å²) < 4.78 is 18.4. The van der Waals surface area contributed by atoms with Gasteiger partial charge in [-0.2, -0.15) is 0 Å². The second-order valence-corrected chi connectivity index (χ2v) is 5.63. The minimum absolute atomic E-state index is 0.102. The van der Waals surface area contributed by atoms with Crippen LogP contribution in [-0.4, -0.2) is 30.6 Å². The number of rotatable bonds is 2. The Balaban J connectivity index is 1.74. The number of benzene rings is 1. The summed E-state index contributed by atoms with van der Waals surface area (Å²) in [5.41, 5.74) is 1.05. The van der Waals surface area contributed by atoms with E-state index in [1.165, 1.54) is 12.1 Å². The molecule has 2 aliphatic heterocycles. The lowest BCUT2D eigenvalue weighted by atomic mass is 9.97. The summed E-state index contributed by atoms with van der Waals surface area (Å²) in [5, 5.41) is 0. The number of hydrogen-bond donors (Lipinski definition) is 0. The van der Waals surface area contributed by atoms with Crippen LogP contribution < -0.4 is 0 Å². The fourth-order valence-electron chi connectivity index (χ4n) is 3.24. The van der Waals surface area contributed by atoms with Gasteiger partial charge in [0.05, 0.1) is 6.04 Å². The molecule has 0 spiro atoms. The molecule has 108 valence electrons. The summed E-state index contributed by atoms with van der Waals surface area (Å²) in [4.78, 5) is 14.6. The first-order valence-corrected chi connectivity index (χ1v) is 7.39. The van der Waals surface area contributed by atoms with Crippen LogP contribution in [-0.2, 0) is 9.53 Å². The molecule has 4 heteroatoms. The third-order valence-corrected chi connectivity index (χ3v) is 4.36. The van der Waals surface area contributed by atoms with Crippen molar-refractivity contribution in [3.63, 3.8) is 0 Å². The Hall–Kier alpha value is -1.42. The summed E-state index contributed by atoms with van der Waals surface area (Å²) in [6.45, 7) is 2.19. The van der Waals surface area contributed by atoms with E-state index in [1.54, 1.807) is 12.1 Å². The number of halogens is 1. The average Bonchev–Trinajstić information content (AvgIpc) is 2.97. The molecule has 0 saturated carbocycles. The standard InChI is InChI=1S/C16H20FNO2/c17-14-5-3-12(4-6-14)15-2-1-9-18(15)16(19)13-7-10-20-11-8-13/h3-6,13,15H,1-2,7-11H2. The number of carbonyl (C=O) groups is 1. The van der Waals surface area contributed by atoms with Gasteiger partial charge in [-0.25, -0.2) is 4.39 Å². The molecule has 3 rings (SSSR count). The molecule has 1 aromatic rings. The van der Waals surface area contributed by atoms with Crippen molar-refractivity contribution in [2.24, 2.45) is 5.92 Å². The van der Waals surface area contributed by atoms with Gasteiger partial charge in [-0.1, -0.05) is 12.1 Å². The number of likely N-dealkylation sites (tertiary alicyclic amines) is 1. The van der Waals surface area contributed by atoms with Crippen LogP contribution in [0.4, 0.5) is 4.39 Å². The monoisotopic (exact) mass is 277 g/mol. The third kappa shape index (κ3) is 2.70. The molecule has 2 fully saturated rings. The number of hydrogen-bond acceptors (Lipinski definition) is 2. The fraction of sp³-hybridized carbons (Fsp3) is 0.562. The largest absolute Gasteiger partial charge is 0.381 e. The Kier molecular flexibility index (Phi) is 4.01. The molecular weight excluding hydrogens is 257 g/mol. The normalized spacial score (nSPS) is 24.1. The highest BCUT2D eigenvalue weighted by molar-refractivity contribution is 5.79. The molecule has 0 radical (unpaired) electrons. The lowest BCUT2D eigenvalue weighted by Crippen LogP contribution is -2.38. The van der Waals surface area contributed by atoms with E-state index in [-0.39, 0.29) is 23.7 Å². The van der Waals surface area contributed by atoms with Crippen molar-refractivity contribution >= 4 is 5.91 Å². The minimum Gasteiger partial charge on any atom is -0.381 e. The van der Waals surface area contributed by atoms with Crippen LogP contribution in [0.5, 0.6) is 0 Å². The van der Waals surface area contributed by atoms with Crippen LogP contribution in [0.25, 0.3) is 0 Å². The number of amides is 1. The summed E-state index contributed by atoms with van der Waals surface area (Å²) >= 11 is 0. The number of ether oxygens (including phenoxy) is 1. The van der Waals surface area contributed by atoms with Crippen molar-refractivity contribution in [1.29, 1.82) is 0 Å². The van der Waals surface area contributed by atoms with E-state index in [0.717, 1.165) is 37.8 Å². The molecule has 1 unspecified atom stereocenters. The molecule has 1 amide bonds. The van der Waals surface area contributed by atoms with E-state index in [0.29, 0.717) is 13.2 Å². The minimum atomic E-state index is -0.228. The quantitative estimate of drug-likeness (QED) is 0.832. The molecule has 2 aliphatic rings. The van der Waals surface area contributed by atoms with Crippen LogP contribution in [0.3, 0.4) is 0 Å². The summed E-state index contributed by atoms with van der Waals surface area (Å²) in [5.74, 6) is 0.124. The zero-order valence-electron chi connectivity index (χ0n) is 11.6. The smallest absolute Gasteiger partial charge is 0.226 e. The maximum Gasteiger partial charge on any atom is 0.226 e. The van der Waals surface area contributed by atoms with Gasteiger partial charge in [0.2, 0.25) is 5.91 Å². The molecule has 1 aromatic carbocycles. The van der Waals surface area contributed by atoms with E-state index in [2.05, 4.69) is 0 Å². The van der Waals surface area contributed by atoms with E-state index in [1.807, 2.05) is 4.90 Å². The van der Waals surface area contributed by atoms with Gasteiger partial charge in [0.15, 0.2) is 0 Å². The fourth-order valence-corrected chi connectivity index (χ4v) is 3.24. The Labute approximate surface area is 118 Å². The maximum atomic E-state index is 13.0. The molecule has 3 nitrogen and oxygen atoms in total. The SMILES string of the molecule is O=C(C1CCOCC1)N1CCCC1c1ccc(F)cc1. The highest BCUT2D eigenvalue weighted by Crippen LogP contribution is 2.34. The molecule has 1 atom stereocenters. The van der Waals surface area contributed by atoms with Crippen molar-refractivity contribution < 1.29 is 13.9 Å². The molecule has 2 saturated heterocycles. The zero-order valence-corrected chi connectivity index (χ0v) is 11.6. The van der Waals surface area contributed by atoms with Gasteiger partial charge in [-0.15, -0.1) is 0 Å². The van der Waals surface area contributed by atoms with Crippen molar-refractivity contribution in [2.45, 2.75) is 31.7 Å². The lowest BCUT2D eigenvalue weighted by molar-refractivity contribution is -0.139. The average molecular weight is 277 g/mol. The first-order chi connectivity index (χ1) is 9.75. The summed E-state index contributed by atoms with van der Waals surface area (Å²) in [6.07, 6.45) is 3.65. The molecule has 0 aromatic heterocycles. The highest BCUT2D eigenvalue weighted by Gasteiger charge is 2.34. The van der Waals surface area contributed by atoms with Crippen LogP contribution in [0, 0.1) is 11.7 Å². The van der Waals surface area contributed by atoms with Crippen molar-refractivity contribution in [3.8, 4) is 0 Å². The molecule has 0 N–H and O–H groups in total. The van der Waals surface area contributed by atoms with Gasteiger partial charge in [0.1, 0.15) is 5.82 Å². The van der Waals surface area contributed by atoms with Crippen LogP contribution in [0.15, 0.2) is 24.3 Å². The lowest BCUT2D eigenvalue weighted by Gasteiger charge is -2.31. The molecule has 2 heterocycles. The summed E-state index contributed by atoms with van der Waals surface area (Å²) in [6, 6.07) is 6.67. The van der Waals surface area contributed by atoms with E-state index in [4.69, 9.17) is 4.74 Å². The summed E-state index contributed by atoms with van der Waals surface area (Å²) in [7, 11) is 0.